The van der Waals surface area contributed by atoms with Gasteiger partial charge in [0.1, 0.15) is 31.0 Å². The molecule has 0 aliphatic rings. The number of H-pyrrole nitrogens is 1. The summed E-state index contributed by atoms with van der Waals surface area (Å²) < 4.78 is 5.88. The van der Waals surface area contributed by atoms with Crippen molar-refractivity contribution in [2.75, 3.05) is 0 Å². The Morgan fingerprint density at radius 3 is 2.72 bits per heavy atom. The minimum atomic E-state index is 0.0444. The number of nitrogens with one attached hydrogen (secondary N) is 1. The highest BCUT2D eigenvalue weighted by Crippen LogP contribution is 2.31. The second-order valence-electron chi connectivity index (χ2n) is 5.12. The Labute approximate surface area is 142 Å². The lowest BCUT2D eigenvalue weighted by Gasteiger charge is -2.07. The normalized spacial score (nSPS) is 10.5. The van der Waals surface area contributed by atoms with E-state index >= 15 is 0 Å². The predicted octanol–water partition coefficient (Wildman–Crippen LogP) is 2.26. The Hall–Kier alpha value is -3.86. The van der Waals surface area contributed by atoms with E-state index < -0.39 is 0 Å². The van der Waals surface area contributed by atoms with Crippen LogP contribution in [0.5, 0.6) is 5.88 Å². The standard InChI is InChI=1S/C17H11N7O/c18-6-13-20-9-21-15(24-13)12-7-19-16-14(12)17(23-10-22-16)25-8-11-4-2-1-3-5-11/h1-5,7,9-10H,8H2,(H,19,22,23). The van der Waals surface area contributed by atoms with Crippen LogP contribution in [-0.2, 0) is 6.61 Å². The quantitative estimate of drug-likeness (QED) is 0.611. The molecule has 3 heterocycles. The van der Waals surface area contributed by atoms with Crippen molar-refractivity contribution >= 4 is 11.0 Å². The molecule has 3 aromatic heterocycles. The molecule has 4 rings (SSSR count). The van der Waals surface area contributed by atoms with E-state index in [1.54, 1.807) is 6.20 Å². The third-order valence-corrected chi connectivity index (χ3v) is 3.57. The van der Waals surface area contributed by atoms with E-state index in [1.165, 1.54) is 12.7 Å². The second kappa shape index (κ2) is 6.33. The lowest BCUT2D eigenvalue weighted by Crippen LogP contribution is -1.99. The first-order valence-corrected chi connectivity index (χ1v) is 7.43. The first kappa shape index (κ1) is 14.7. The number of benzene rings is 1. The van der Waals surface area contributed by atoms with Gasteiger partial charge in [0.15, 0.2) is 5.82 Å². The van der Waals surface area contributed by atoms with E-state index in [9.17, 15) is 0 Å². The van der Waals surface area contributed by atoms with Crippen molar-refractivity contribution in [3.63, 3.8) is 0 Å². The van der Waals surface area contributed by atoms with Gasteiger partial charge in [0.05, 0.1) is 10.9 Å². The largest absolute Gasteiger partial charge is 0.472 e. The van der Waals surface area contributed by atoms with Gasteiger partial charge in [-0.3, -0.25) is 0 Å². The molecule has 1 N–H and O–H groups in total. The van der Waals surface area contributed by atoms with E-state index in [2.05, 4.69) is 29.9 Å². The number of aromatic nitrogens is 6. The van der Waals surface area contributed by atoms with Gasteiger partial charge in [-0.2, -0.15) is 10.2 Å². The van der Waals surface area contributed by atoms with Crippen LogP contribution in [0.25, 0.3) is 22.4 Å². The number of nitrogens with zero attached hydrogens (tertiary/aromatic N) is 6. The van der Waals surface area contributed by atoms with Crippen LogP contribution in [0.15, 0.2) is 49.2 Å². The highest BCUT2D eigenvalue weighted by molar-refractivity contribution is 5.95. The highest BCUT2D eigenvalue weighted by atomic mass is 16.5. The number of hydrogen-bond donors (Lipinski definition) is 1. The summed E-state index contributed by atoms with van der Waals surface area (Å²) in [6, 6.07) is 11.7. The van der Waals surface area contributed by atoms with Gasteiger partial charge in [0, 0.05) is 6.20 Å². The Bertz CT molecular complexity index is 1070. The molecule has 0 radical (unpaired) electrons. The number of hydrogen-bond acceptors (Lipinski definition) is 7. The van der Waals surface area contributed by atoms with Crippen molar-refractivity contribution in [1.82, 2.24) is 29.9 Å². The summed E-state index contributed by atoms with van der Waals surface area (Å²) in [5, 5.41) is 9.64. The molecular formula is C17H11N7O. The molecule has 0 fully saturated rings. The van der Waals surface area contributed by atoms with Gasteiger partial charge in [-0.25, -0.2) is 19.9 Å². The van der Waals surface area contributed by atoms with E-state index in [0.29, 0.717) is 34.9 Å². The van der Waals surface area contributed by atoms with Gasteiger partial charge in [0.2, 0.25) is 11.7 Å². The Morgan fingerprint density at radius 1 is 1.04 bits per heavy atom. The average molecular weight is 329 g/mol. The van der Waals surface area contributed by atoms with Crippen molar-refractivity contribution in [2.45, 2.75) is 6.61 Å². The number of nitriles is 1. The van der Waals surface area contributed by atoms with Crippen molar-refractivity contribution in [3.05, 3.63) is 60.6 Å². The van der Waals surface area contributed by atoms with Crippen LogP contribution < -0.4 is 4.74 Å². The molecule has 8 heteroatoms. The fourth-order valence-corrected chi connectivity index (χ4v) is 2.43. The maximum absolute atomic E-state index is 8.98. The van der Waals surface area contributed by atoms with Crippen LogP contribution in [0.1, 0.15) is 11.4 Å². The predicted molar refractivity (Wildman–Crippen MR) is 88.2 cm³/mol. The van der Waals surface area contributed by atoms with Crippen LogP contribution in [0.3, 0.4) is 0 Å². The Balaban J connectivity index is 1.75. The third-order valence-electron chi connectivity index (χ3n) is 3.57. The summed E-state index contributed by atoms with van der Waals surface area (Å²) in [4.78, 5) is 23.5. The SMILES string of the molecule is N#Cc1ncnc(-c2c[nH]c3ncnc(OCc4ccccc4)c23)n1. The second-order valence-corrected chi connectivity index (χ2v) is 5.12. The maximum atomic E-state index is 8.98. The maximum Gasteiger partial charge on any atom is 0.235 e. The molecule has 8 nitrogen and oxygen atoms in total. The number of ether oxygens (including phenoxy) is 1. The molecule has 0 amide bonds. The van der Waals surface area contributed by atoms with Gasteiger partial charge in [-0.15, -0.1) is 0 Å². The highest BCUT2D eigenvalue weighted by Gasteiger charge is 2.16. The first-order chi connectivity index (χ1) is 12.3. The lowest BCUT2D eigenvalue weighted by molar-refractivity contribution is 0.297. The van der Waals surface area contributed by atoms with Crippen LogP contribution in [0.4, 0.5) is 0 Å². The van der Waals surface area contributed by atoms with Gasteiger partial charge < -0.3 is 9.72 Å². The molecule has 120 valence electrons. The topological polar surface area (TPSA) is 113 Å². The van der Waals surface area contributed by atoms with E-state index in [0.717, 1.165) is 5.56 Å². The zero-order chi connectivity index (χ0) is 17.1. The van der Waals surface area contributed by atoms with Crippen LogP contribution in [-0.4, -0.2) is 29.9 Å². The van der Waals surface area contributed by atoms with Gasteiger partial charge in [-0.1, -0.05) is 30.3 Å². The first-order valence-electron chi connectivity index (χ1n) is 7.43. The van der Waals surface area contributed by atoms with E-state index in [4.69, 9.17) is 10.00 Å². The smallest absolute Gasteiger partial charge is 0.235 e. The summed E-state index contributed by atoms with van der Waals surface area (Å²) in [6.07, 6.45) is 4.44. The fourth-order valence-electron chi connectivity index (χ4n) is 2.43. The fraction of sp³-hybridized carbons (Fsp3) is 0.0588. The summed E-state index contributed by atoms with van der Waals surface area (Å²) in [6.45, 7) is 0.373. The van der Waals surface area contributed by atoms with E-state index in [-0.39, 0.29) is 5.82 Å². The zero-order valence-corrected chi connectivity index (χ0v) is 12.9. The molecule has 0 saturated carbocycles. The molecule has 0 unspecified atom stereocenters. The monoisotopic (exact) mass is 329 g/mol. The van der Waals surface area contributed by atoms with Gasteiger partial charge >= 0.3 is 0 Å². The van der Waals surface area contributed by atoms with Crippen molar-refractivity contribution in [2.24, 2.45) is 0 Å². The van der Waals surface area contributed by atoms with E-state index in [1.807, 2.05) is 36.4 Å². The summed E-state index contributed by atoms with van der Waals surface area (Å²) in [5.74, 6) is 0.823. The molecule has 0 aliphatic heterocycles. The van der Waals surface area contributed by atoms with Crippen molar-refractivity contribution < 1.29 is 4.74 Å². The summed E-state index contributed by atoms with van der Waals surface area (Å²) >= 11 is 0. The summed E-state index contributed by atoms with van der Waals surface area (Å²) in [7, 11) is 0. The van der Waals surface area contributed by atoms with Crippen LogP contribution in [0.2, 0.25) is 0 Å². The van der Waals surface area contributed by atoms with Gasteiger partial charge in [0.25, 0.3) is 0 Å². The zero-order valence-electron chi connectivity index (χ0n) is 12.9. The lowest BCUT2D eigenvalue weighted by atomic mass is 10.2. The molecule has 0 bridgehead atoms. The molecule has 25 heavy (non-hydrogen) atoms. The molecule has 0 aliphatic carbocycles. The molecule has 0 saturated heterocycles. The Kier molecular flexibility index (Phi) is 3.73. The van der Waals surface area contributed by atoms with Crippen molar-refractivity contribution in [3.8, 4) is 23.3 Å². The molecule has 4 aromatic rings. The number of rotatable bonds is 4. The van der Waals surface area contributed by atoms with Crippen molar-refractivity contribution in [1.29, 1.82) is 5.26 Å². The Morgan fingerprint density at radius 2 is 1.88 bits per heavy atom. The van der Waals surface area contributed by atoms with Crippen LogP contribution >= 0.6 is 0 Å². The minimum Gasteiger partial charge on any atom is -0.472 e. The minimum absolute atomic E-state index is 0.0444. The molecule has 0 spiro atoms. The molecular weight excluding hydrogens is 318 g/mol. The van der Waals surface area contributed by atoms with Gasteiger partial charge in [-0.05, 0) is 5.56 Å². The third kappa shape index (κ3) is 2.86. The molecule has 0 atom stereocenters. The number of fused-ring (bicyclic) bond motifs is 1. The number of aromatic amines is 1. The summed E-state index contributed by atoms with van der Waals surface area (Å²) in [5.41, 5.74) is 2.28. The molecule has 1 aromatic carbocycles. The average Bonchev–Trinajstić information content (AvgIpc) is 3.12. The van der Waals surface area contributed by atoms with Crippen LogP contribution in [0, 0.1) is 11.3 Å².